The van der Waals surface area contributed by atoms with E-state index in [2.05, 4.69) is 19.1 Å². The molecule has 1 unspecified atom stereocenters. The first-order valence-electron chi connectivity index (χ1n) is 9.09. The average molecular weight is 332 g/mol. The number of hydrogen-bond donors (Lipinski definition) is 1. The zero-order chi connectivity index (χ0) is 17.4. The van der Waals surface area contributed by atoms with E-state index < -0.39 is 6.10 Å². The first kappa shape index (κ1) is 18.7. The lowest BCUT2D eigenvalue weighted by molar-refractivity contribution is -0.140. The van der Waals surface area contributed by atoms with Gasteiger partial charge in [-0.2, -0.15) is 0 Å². The minimum Gasteiger partial charge on any atom is -0.431 e. The molecule has 1 aliphatic carbocycles. The molecule has 0 saturated heterocycles. The number of hydrogen-bond acceptors (Lipinski definition) is 4. The van der Waals surface area contributed by atoms with Gasteiger partial charge in [-0.15, -0.1) is 0 Å². The first-order valence-corrected chi connectivity index (χ1v) is 9.09. The molecule has 0 bridgehead atoms. The third-order valence-corrected chi connectivity index (χ3v) is 4.60. The Hall–Kier alpha value is -1.68. The van der Waals surface area contributed by atoms with Gasteiger partial charge in [-0.1, -0.05) is 50.5 Å². The van der Waals surface area contributed by atoms with Crippen LogP contribution in [0, 0.1) is 11.8 Å². The molecule has 3 atom stereocenters. The SMILES string of the molecule is CCCCC[C@H](O)/C=C/C1C(=O)C=C2OC(=O)CCC/C=C\C[C@@H]21. The molecule has 0 aromatic heterocycles. The van der Waals surface area contributed by atoms with Crippen molar-refractivity contribution >= 4 is 11.8 Å². The van der Waals surface area contributed by atoms with E-state index in [1.54, 1.807) is 12.2 Å². The van der Waals surface area contributed by atoms with Gasteiger partial charge in [0.15, 0.2) is 5.78 Å². The number of carbonyl (C=O) groups excluding carboxylic acids is 2. The summed E-state index contributed by atoms with van der Waals surface area (Å²) in [4.78, 5) is 24.1. The highest BCUT2D eigenvalue weighted by atomic mass is 16.5. The monoisotopic (exact) mass is 332 g/mol. The number of rotatable bonds is 6. The highest BCUT2D eigenvalue weighted by molar-refractivity contribution is 5.97. The lowest BCUT2D eigenvalue weighted by Crippen LogP contribution is -2.18. The van der Waals surface area contributed by atoms with E-state index in [1.165, 1.54) is 6.08 Å². The number of aliphatic hydroxyl groups is 1. The third kappa shape index (κ3) is 5.45. The summed E-state index contributed by atoms with van der Waals surface area (Å²) in [6, 6.07) is 0. The van der Waals surface area contributed by atoms with E-state index >= 15 is 0 Å². The van der Waals surface area contributed by atoms with E-state index in [9.17, 15) is 14.7 Å². The Bertz CT molecular complexity index is 530. The smallest absolute Gasteiger partial charge is 0.310 e. The topological polar surface area (TPSA) is 63.6 Å². The van der Waals surface area contributed by atoms with Gasteiger partial charge in [0.1, 0.15) is 5.76 Å². The summed E-state index contributed by atoms with van der Waals surface area (Å²) < 4.78 is 5.41. The van der Waals surface area contributed by atoms with Gasteiger partial charge in [-0.05, 0) is 25.7 Å². The number of ether oxygens (including phenoxy) is 1. The van der Waals surface area contributed by atoms with E-state index in [-0.39, 0.29) is 23.6 Å². The molecule has 2 aliphatic rings. The Morgan fingerprint density at radius 1 is 1.33 bits per heavy atom. The zero-order valence-electron chi connectivity index (χ0n) is 14.4. The van der Waals surface area contributed by atoms with Crippen molar-refractivity contribution in [1.82, 2.24) is 0 Å². The first-order chi connectivity index (χ1) is 11.6. The van der Waals surface area contributed by atoms with Crippen LogP contribution in [-0.2, 0) is 14.3 Å². The molecule has 2 rings (SSSR count). The Morgan fingerprint density at radius 3 is 2.96 bits per heavy atom. The Labute approximate surface area is 144 Å². The molecule has 0 spiro atoms. The van der Waals surface area contributed by atoms with Crippen molar-refractivity contribution in [2.75, 3.05) is 0 Å². The van der Waals surface area contributed by atoms with E-state index in [4.69, 9.17) is 4.74 Å². The summed E-state index contributed by atoms with van der Waals surface area (Å²) in [6.45, 7) is 2.13. The highest BCUT2D eigenvalue weighted by Crippen LogP contribution is 2.35. The number of allylic oxidation sites excluding steroid dienone is 5. The van der Waals surface area contributed by atoms with Gasteiger partial charge < -0.3 is 9.84 Å². The Morgan fingerprint density at radius 2 is 2.17 bits per heavy atom. The van der Waals surface area contributed by atoms with Crippen molar-refractivity contribution in [3.8, 4) is 0 Å². The molecule has 1 aliphatic heterocycles. The third-order valence-electron chi connectivity index (χ3n) is 4.60. The largest absolute Gasteiger partial charge is 0.431 e. The van der Waals surface area contributed by atoms with Crippen molar-refractivity contribution in [2.24, 2.45) is 11.8 Å². The molecule has 0 aromatic carbocycles. The number of unbranched alkanes of at least 4 members (excludes halogenated alkanes) is 2. The number of fused-ring (bicyclic) bond motifs is 1. The maximum Gasteiger partial charge on any atom is 0.310 e. The van der Waals surface area contributed by atoms with Crippen molar-refractivity contribution < 1.29 is 19.4 Å². The van der Waals surface area contributed by atoms with Crippen LogP contribution in [0.2, 0.25) is 0 Å². The van der Waals surface area contributed by atoms with Crippen LogP contribution in [-0.4, -0.2) is 23.0 Å². The standard InChI is InChI=1S/C20H28O4/c1-2-3-6-9-15(21)12-13-16-17-10-7-4-5-8-11-20(23)24-19(17)14-18(16)22/h4,7,12-17,21H,2-3,5-6,8-11H2,1H3/b7-4-,13-12+/t15-,16?,17+/m0/s1. The van der Waals surface area contributed by atoms with E-state index in [0.717, 1.165) is 32.1 Å². The average Bonchev–Trinajstić information content (AvgIpc) is 2.84. The summed E-state index contributed by atoms with van der Waals surface area (Å²) in [5.74, 6) is -0.328. The quantitative estimate of drug-likeness (QED) is 0.456. The van der Waals surface area contributed by atoms with Crippen molar-refractivity contribution in [3.63, 3.8) is 0 Å². The number of ketones is 1. The molecular weight excluding hydrogens is 304 g/mol. The molecule has 1 N–H and O–H groups in total. The molecule has 0 aromatic rings. The molecule has 4 heteroatoms. The van der Waals surface area contributed by atoms with Crippen molar-refractivity contribution in [3.05, 3.63) is 36.1 Å². The van der Waals surface area contributed by atoms with E-state index in [0.29, 0.717) is 25.0 Å². The maximum atomic E-state index is 12.3. The molecule has 0 fully saturated rings. The molecule has 0 saturated carbocycles. The van der Waals surface area contributed by atoms with Crippen LogP contribution in [0.15, 0.2) is 36.1 Å². The second kappa shape index (κ2) is 9.58. The lowest BCUT2D eigenvalue weighted by Gasteiger charge is -2.19. The predicted octanol–water partition coefficient (Wildman–Crippen LogP) is 3.86. The molecule has 132 valence electrons. The molecule has 1 heterocycles. The summed E-state index contributed by atoms with van der Waals surface area (Å²) in [7, 11) is 0. The maximum absolute atomic E-state index is 12.3. The van der Waals surface area contributed by atoms with Crippen LogP contribution in [0.1, 0.15) is 58.3 Å². The Kier molecular flexibility index (Phi) is 7.44. The molecule has 4 nitrogen and oxygen atoms in total. The van der Waals surface area contributed by atoms with Crippen LogP contribution in [0.4, 0.5) is 0 Å². The predicted molar refractivity (Wildman–Crippen MR) is 93.1 cm³/mol. The fraction of sp³-hybridized carbons (Fsp3) is 0.600. The Balaban J connectivity index is 2.03. The van der Waals surface area contributed by atoms with Crippen molar-refractivity contribution in [1.29, 1.82) is 0 Å². The summed E-state index contributed by atoms with van der Waals surface area (Å²) >= 11 is 0. The number of carbonyl (C=O) groups is 2. The van der Waals surface area contributed by atoms with Gasteiger partial charge in [0.05, 0.1) is 12.0 Å². The van der Waals surface area contributed by atoms with Crippen LogP contribution < -0.4 is 0 Å². The highest BCUT2D eigenvalue weighted by Gasteiger charge is 2.36. The lowest BCUT2D eigenvalue weighted by atomic mass is 9.89. The summed E-state index contributed by atoms with van der Waals surface area (Å²) in [5.41, 5.74) is 0. The zero-order valence-corrected chi connectivity index (χ0v) is 14.4. The van der Waals surface area contributed by atoms with Crippen LogP contribution >= 0.6 is 0 Å². The molecular formula is C20H28O4. The second-order valence-electron chi connectivity index (χ2n) is 6.60. The molecule has 0 amide bonds. The van der Waals surface area contributed by atoms with Gasteiger partial charge in [0, 0.05) is 18.4 Å². The van der Waals surface area contributed by atoms with Gasteiger partial charge in [-0.3, -0.25) is 9.59 Å². The molecule has 24 heavy (non-hydrogen) atoms. The normalized spacial score (nSPS) is 27.5. The summed E-state index contributed by atoms with van der Waals surface area (Å²) in [6.07, 6.45) is 15.2. The van der Waals surface area contributed by atoms with Crippen LogP contribution in [0.25, 0.3) is 0 Å². The summed E-state index contributed by atoms with van der Waals surface area (Å²) in [5, 5.41) is 10.0. The minimum absolute atomic E-state index is 0.0487. The fourth-order valence-corrected chi connectivity index (χ4v) is 3.17. The molecule has 0 radical (unpaired) electrons. The van der Waals surface area contributed by atoms with Gasteiger partial charge in [0.25, 0.3) is 0 Å². The van der Waals surface area contributed by atoms with Crippen LogP contribution in [0.5, 0.6) is 0 Å². The van der Waals surface area contributed by atoms with Crippen LogP contribution in [0.3, 0.4) is 0 Å². The van der Waals surface area contributed by atoms with E-state index in [1.807, 2.05) is 0 Å². The minimum atomic E-state index is -0.522. The van der Waals surface area contributed by atoms with Gasteiger partial charge in [0.2, 0.25) is 0 Å². The second-order valence-corrected chi connectivity index (χ2v) is 6.60. The number of esters is 1. The van der Waals surface area contributed by atoms with Gasteiger partial charge in [-0.25, -0.2) is 0 Å². The fourth-order valence-electron chi connectivity index (χ4n) is 3.17. The number of aliphatic hydroxyl groups excluding tert-OH is 1. The van der Waals surface area contributed by atoms with Gasteiger partial charge >= 0.3 is 5.97 Å². The van der Waals surface area contributed by atoms with Crippen molar-refractivity contribution in [2.45, 2.75) is 64.4 Å².